The number of thiophene rings is 1. The Bertz CT molecular complexity index is 3040. The highest BCUT2D eigenvalue weighted by atomic mass is 32.1. The summed E-state index contributed by atoms with van der Waals surface area (Å²) in [6.45, 7) is 9.68. The van der Waals surface area contributed by atoms with Crippen molar-refractivity contribution in [3.05, 3.63) is 214 Å². The number of nitrogens with zero attached hydrogens (tertiary/aromatic N) is 1. The lowest BCUT2D eigenvalue weighted by molar-refractivity contribution is 0.563. The molecule has 1 heterocycles. The van der Waals surface area contributed by atoms with Gasteiger partial charge in [0.2, 0.25) is 0 Å². The van der Waals surface area contributed by atoms with E-state index in [2.05, 4.69) is 196 Å². The molecule has 0 unspecified atom stereocenters. The van der Waals surface area contributed by atoms with E-state index in [1.54, 1.807) is 5.57 Å². The molecule has 4 aliphatic rings. The number of anilines is 3. The van der Waals surface area contributed by atoms with Crippen molar-refractivity contribution in [3.8, 4) is 11.1 Å². The standard InChI is InChI=1S/C55H43NS/c1-53(2)41-19-8-5-16-36(41)38-30-28-34(32-47(38)53)56(49-25-15-27-51-52(49)40-18-7-14-26-50(40)57-51)35-29-31-39-37-17-6-9-20-42(37)55(48(39)33-35)45-23-12-10-21-43(45)54(3,4)44-22-11-13-24-46(44)55/h5-7,9-18,20-33H,8,19H2,1-4H3. The molecule has 0 N–H and O–H groups in total. The molecule has 8 aromatic rings. The smallest absolute Gasteiger partial charge is 0.0720 e. The molecule has 0 atom stereocenters. The summed E-state index contributed by atoms with van der Waals surface area (Å²) in [5, 5.41) is 2.62. The van der Waals surface area contributed by atoms with Crippen LogP contribution >= 0.6 is 11.3 Å². The van der Waals surface area contributed by atoms with E-state index in [0.29, 0.717) is 0 Å². The van der Waals surface area contributed by atoms with Gasteiger partial charge in [-0.25, -0.2) is 0 Å². The molecule has 7 aromatic carbocycles. The second-order valence-electron chi connectivity index (χ2n) is 17.5. The first-order valence-electron chi connectivity index (χ1n) is 20.5. The van der Waals surface area contributed by atoms with Crippen molar-refractivity contribution in [2.24, 2.45) is 0 Å². The second-order valence-corrected chi connectivity index (χ2v) is 18.6. The average molecular weight is 750 g/mol. The Balaban J connectivity index is 1.17. The SMILES string of the molecule is CC1(C)C2=C(C=CCC2)c2ccc(N(c3ccc4c(c3)C3(c5ccccc5-4)c4ccccc4C(C)(C)c4ccccc43)c3cccc4sc5ccccc5c34)cc21. The van der Waals surface area contributed by atoms with E-state index in [1.807, 2.05) is 11.3 Å². The van der Waals surface area contributed by atoms with E-state index in [-0.39, 0.29) is 10.8 Å². The van der Waals surface area contributed by atoms with Gasteiger partial charge in [-0.1, -0.05) is 155 Å². The zero-order valence-corrected chi connectivity index (χ0v) is 33.7. The van der Waals surface area contributed by atoms with Crippen LogP contribution in [0.25, 0.3) is 36.9 Å². The molecule has 1 aromatic heterocycles. The van der Waals surface area contributed by atoms with Crippen molar-refractivity contribution >= 4 is 54.1 Å². The minimum Gasteiger partial charge on any atom is -0.310 e. The Morgan fingerprint density at radius 1 is 0.491 bits per heavy atom. The zero-order chi connectivity index (χ0) is 38.3. The van der Waals surface area contributed by atoms with Crippen LogP contribution < -0.4 is 4.90 Å². The van der Waals surface area contributed by atoms with Gasteiger partial charge in [0.25, 0.3) is 0 Å². The minimum absolute atomic E-state index is 0.0375. The molecule has 274 valence electrons. The van der Waals surface area contributed by atoms with Gasteiger partial charge >= 0.3 is 0 Å². The quantitative estimate of drug-likeness (QED) is 0.174. The average Bonchev–Trinajstić information content (AvgIpc) is 3.85. The van der Waals surface area contributed by atoms with Crippen LogP contribution in [0, 0.1) is 0 Å². The molecule has 4 aliphatic carbocycles. The zero-order valence-electron chi connectivity index (χ0n) is 32.9. The summed E-state index contributed by atoms with van der Waals surface area (Å²) in [6, 6.07) is 58.2. The molecule has 0 bridgehead atoms. The first kappa shape index (κ1) is 33.2. The Morgan fingerprint density at radius 2 is 1.09 bits per heavy atom. The summed E-state index contributed by atoms with van der Waals surface area (Å²) in [5.41, 5.74) is 19.7. The summed E-state index contributed by atoms with van der Waals surface area (Å²) in [4.78, 5) is 2.58. The van der Waals surface area contributed by atoms with Crippen molar-refractivity contribution in [1.82, 2.24) is 0 Å². The van der Waals surface area contributed by atoms with Crippen LogP contribution in [-0.2, 0) is 16.2 Å². The van der Waals surface area contributed by atoms with Crippen LogP contribution in [0.2, 0.25) is 0 Å². The number of fused-ring (bicyclic) bond motifs is 14. The van der Waals surface area contributed by atoms with Crippen molar-refractivity contribution < 1.29 is 0 Å². The van der Waals surface area contributed by atoms with Crippen LogP contribution in [0.1, 0.15) is 85.0 Å². The molecule has 1 nitrogen and oxygen atoms in total. The number of rotatable bonds is 3. The number of benzene rings is 7. The third-order valence-corrected chi connectivity index (χ3v) is 15.2. The summed E-state index contributed by atoms with van der Waals surface area (Å²) in [7, 11) is 0. The molecule has 0 aliphatic heterocycles. The monoisotopic (exact) mass is 749 g/mol. The molecule has 0 amide bonds. The van der Waals surface area contributed by atoms with Crippen molar-refractivity contribution in [3.63, 3.8) is 0 Å². The molecule has 57 heavy (non-hydrogen) atoms. The number of hydrogen-bond acceptors (Lipinski definition) is 2. The van der Waals surface area contributed by atoms with Crippen LogP contribution in [0.5, 0.6) is 0 Å². The van der Waals surface area contributed by atoms with Crippen LogP contribution in [-0.4, -0.2) is 0 Å². The first-order valence-corrected chi connectivity index (χ1v) is 21.3. The van der Waals surface area contributed by atoms with Gasteiger partial charge in [-0.3, -0.25) is 0 Å². The molecular weight excluding hydrogens is 707 g/mol. The summed E-state index contributed by atoms with van der Waals surface area (Å²) >= 11 is 1.89. The Morgan fingerprint density at radius 3 is 1.84 bits per heavy atom. The highest BCUT2D eigenvalue weighted by molar-refractivity contribution is 7.26. The van der Waals surface area contributed by atoms with Gasteiger partial charge in [0.15, 0.2) is 0 Å². The van der Waals surface area contributed by atoms with Crippen LogP contribution in [0.3, 0.4) is 0 Å². The molecular formula is C55H43NS. The third kappa shape index (κ3) is 4.24. The lowest BCUT2D eigenvalue weighted by atomic mass is 9.55. The van der Waals surface area contributed by atoms with Gasteiger partial charge in [0, 0.05) is 42.4 Å². The normalized spacial score (nSPS) is 17.3. The molecule has 0 fully saturated rings. The maximum Gasteiger partial charge on any atom is 0.0720 e. The van der Waals surface area contributed by atoms with E-state index in [9.17, 15) is 0 Å². The molecule has 12 rings (SSSR count). The minimum atomic E-state index is -0.466. The fraction of sp³-hybridized carbons (Fsp3) is 0.164. The fourth-order valence-corrected chi connectivity index (χ4v) is 12.6. The fourth-order valence-electron chi connectivity index (χ4n) is 11.5. The molecule has 0 radical (unpaired) electrons. The summed E-state index contributed by atoms with van der Waals surface area (Å²) in [5.74, 6) is 0. The molecule has 0 saturated heterocycles. The van der Waals surface area contributed by atoms with E-state index < -0.39 is 5.41 Å². The lowest BCUT2D eigenvalue weighted by Gasteiger charge is -2.46. The van der Waals surface area contributed by atoms with Gasteiger partial charge in [-0.05, 0) is 117 Å². The topological polar surface area (TPSA) is 3.24 Å². The highest BCUT2D eigenvalue weighted by Crippen LogP contribution is 2.63. The van der Waals surface area contributed by atoms with E-state index in [1.165, 1.54) is 98.4 Å². The van der Waals surface area contributed by atoms with E-state index in [4.69, 9.17) is 0 Å². The number of hydrogen-bond donors (Lipinski definition) is 0. The number of allylic oxidation sites excluding steroid dienone is 4. The van der Waals surface area contributed by atoms with Gasteiger partial charge in [-0.2, -0.15) is 0 Å². The predicted octanol–water partition coefficient (Wildman–Crippen LogP) is 14.9. The summed E-state index contributed by atoms with van der Waals surface area (Å²) < 4.78 is 2.63. The maximum atomic E-state index is 2.58. The largest absolute Gasteiger partial charge is 0.310 e. The third-order valence-electron chi connectivity index (χ3n) is 14.1. The Labute approximate surface area is 339 Å². The Hall–Kier alpha value is -5.96. The second kappa shape index (κ2) is 11.6. The van der Waals surface area contributed by atoms with Gasteiger partial charge in [-0.15, -0.1) is 11.3 Å². The molecule has 2 heteroatoms. The summed E-state index contributed by atoms with van der Waals surface area (Å²) in [6.07, 6.45) is 6.97. The van der Waals surface area contributed by atoms with Gasteiger partial charge in [0.1, 0.15) is 0 Å². The van der Waals surface area contributed by atoms with Crippen molar-refractivity contribution in [2.75, 3.05) is 4.90 Å². The van der Waals surface area contributed by atoms with E-state index in [0.717, 1.165) is 12.8 Å². The predicted molar refractivity (Wildman–Crippen MR) is 242 cm³/mol. The van der Waals surface area contributed by atoms with Crippen LogP contribution in [0.4, 0.5) is 17.1 Å². The van der Waals surface area contributed by atoms with Gasteiger partial charge < -0.3 is 4.90 Å². The van der Waals surface area contributed by atoms with Gasteiger partial charge in [0.05, 0.1) is 11.1 Å². The lowest BCUT2D eigenvalue weighted by Crippen LogP contribution is -2.40. The molecule has 0 saturated carbocycles. The van der Waals surface area contributed by atoms with Crippen LogP contribution in [0.15, 0.2) is 169 Å². The van der Waals surface area contributed by atoms with E-state index >= 15 is 0 Å². The molecule has 1 spiro atoms. The van der Waals surface area contributed by atoms with Crippen molar-refractivity contribution in [2.45, 2.75) is 56.8 Å². The Kier molecular flexibility index (Phi) is 6.73. The van der Waals surface area contributed by atoms with Crippen molar-refractivity contribution in [1.29, 1.82) is 0 Å². The maximum absolute atomic E-state index is 2.58. The first-order chi connectivity index (χ1) is 27.8. The highest BCUT2D eigenvalue weighted by Gasteiger charge is 2.53.